The maximum Gasteiger partial charge on any atom is 0.306 e. The summed E-state index contributed by atoms with van der Waals surface area (Å²) in [5.74, 6) is -0.552. The molecule has 1 aliphatic rings. The number of rotatable bonds is 3. The summed E-state index contributed by atoms with van der Waals surface area (Å²) in [4.78, 5) is 22.0. The van der Waals surface area contributed by atoms with Gasteiger partial charge in [0.05, 0.1) is 0 Å². The fraction of sp³-hybridized carbons (Fsp3) is 0.750. The zero-order valence-electron chi connectivity index (χ0n) is 7.58. The Kier molecular flexibility index (Phi) is 3.25. The molecular weight excluding hydrogens is 172 g/mol. The molecule has 0 spiro atoms. The van der Waals surface area contributed by atoms with Crippen molar-refractivity contribution in [2.24, 2.45) is 5.73 Å². The Hall–Kier alpha value is -1.10. The lowest BCUT2D eigenvalue weighted by Crippen LogP contribution is -2.43. The van der Waals surface area contributed by atoms with Crippen molar-refractivity contribution in [3.05, 3.63) is 0 Å². The number of hydrogen-bond donors (Lipinski definition) is 2. The van der Waals surface area contributed by atoms with Crippen molar-refractivity contribution in [3.63, 3.8) is 0 Å². The van der Waals surface area contributed by atoms with Crippen molar-refractivity contribution in [1.29, 1.82) is 0 Å². The SMILES string of the molecule is C[C@@H](CN)NC(=O)[C@@H]1CCC(=O)O1. The Morgan fingerprint density at radius 1 is 1.85 bits per heavy atom. The van der Waals surface area contributed by atoms with Gasteiger partial charge in [-0.1, -0.05) is 0 Å². The Labute approximate surface area is 76.6 Å². The summed E-state index contributed by atoms with van der Waals surface area (Å²) in [7, 11) is 0. The molecular formula is C8H14N2O3. The Morgan fingerprint density at radius 3 is 3.00 bits per heavy atom. The highest BCUT2D eigenvalue weighted by Crippen LogP contribution is 2.13. The average Bonchev–Trinajstić information content (AvgIpc) is 2.51. The minimum Gasteiger partial charge on any atom is -0.452 e. The third-order valence-electron chi connectivity index (χ3n) is 1.92. The van der Waals surface area contributed by atoms with Crippen LogP contribution in [0.4, 0.5) is 0 Å². The third kappa shape index (κ3) is 2.69. The lowest BCUT2D eigenvalue weighted by Gasteiger charge is -2.14. The van der Waals surface area contributed by atoms with E-state index in [1.807, 2.05) is 0 Å². The molecule has 13 heavy (non-hydrogen) atoms. The molecule has 5 heteroatoms. The van der Waals surface area contributed by atoms with Crippen LogP contribution in [0.5, 0.6) is 0 Å². The van der Waals surface area contributed by atoms with E-state index in [2.05, 4.69) is 5.32 Å². The maximum atomic E-state index is 11.3. The van der Waals surface area contributed by atoms with E-state index in [4.69, 9.17) is 10.5 Å². The Bertz CT molecular complexity index is 217. The Morgan fingerprint density at radius 2 is 2.54 bits per heavy atom. The molecule has 0 bridgehead atoms. The molecule has 0 aromatic rings. The van der Waals surface area contributed by atoms with E-state index in [-0.39, 0.29) is 17.9 Å². The van der Waals surface area contributed by atoms with Crippen LogP contribution in [0.15, 0.2) is 0 Å². The molecule has 3 N–H and O–H groups in total. The molecule has 0 aromatic heterocycles. The van der Waals surface area contributed by atoms with Crippen LogP contribution in [-0.4, -0.2) is 30.6 Å². The first-order chi connectivity index (χ1) is 6.13. The van der Waals surface area contributed by atoms with Crippen molar-refractivity contribution >= 4 is 11.9 Å². The van der Waals surface area contributed by atoms with Crippen LogP contribution < -0.4 is 11.1 Å². The van der Waals surface area contributed by atoms with Crippen molar-refractivity contribution < 1.29 is 14.3 Å². The van der Waals surface area contributed by atoms with Gasteiger partial charge < -0.3 is 15.8 Å². The first kappa shape index (κ1) is 9.98. The fourth-order valence-electron chi connectivity index (χ4n) is 1.10. The number of esters is 1. The van der Waals surface area contributed by atoms with Crippen LogP contribution in [0.25, 0.3) is 0 Å². The zero-order valence-corrected chi connectivity index (χ0v) is 7.58. The highest BCUT2D eigenvalue weighted by molar-refractivity contribution is 5.86. The first-order valence-corrected chi connectivity index (χ1v) is 4.33. The molecule has 1 aliphatic heterocycles. The van der Waals surface area contributed by atoms with Gasteiger partial charge in [0.1, 0.15) is 0 Å². The van der Waals surface area contributed by atoms with Crippen molar-refractivity contribution in [2.45, 2.75) is 31.9 Å². The van der Waals surface area contributed by atoms with Gasteiger partial charge >= 0.3 is 5.97 Å². The van der Waals surface area contributed by atoms with Gasteiger partial charge in [-0.25, -0.2) is 0 Å². The highest BCUT2D eigenvalue weighted by Gasteiger charge is 2.29. The third-order valence-corrected chi connectivity index (χ3v) is 1.92. The molecule has 0 aromatic carbocycles. The molecule has 74 valence electrons. The van der Waals surface area contributed by atoms with Gasteiger partial charge in [-0.2, -0.15) is 0 Å². The van der Waals surface area contributed by atoms with Crippen molar-refractivity contribution in [1.82, 2.24) is 5.32 Å². The van der Waals surface area contributed by atoms with Gasteiger partial charge in [0.2, 0.25) is 0 Å². The van der Waals surface area contributed by atoms with Gasteiger partial charge in [0, 0.05) is 25.4 Å². The number of carbonyl (C=O) groups is 2. The first-order valence-electron chi connectivity index (χ1n) is 4.33. The summed E-state index contributed by atoms with van der Waals surface area (Å²) in [6.45, 7) is 2.18. The molecule has 5 nitrogen and oxygen atoms in total. The molecule has 1 heterocycles. The van der Waals surface area contributed by atoms with Crippen LogP contribution in [-0.2, 0) is 14.3 Å². The second-order valence-corrected chi connectivity index (χ2v) is 3.16. The highest BCUT2D eigenvalue weighted by atomic mass is 16.6. The van der Waals surface area contributed by atoms with Gasteiger partial charge in [-0.3, -0.25) is 9.59 Å². The van der Waals surface area contributed by atoms with E-state index >= 15 is 0 Å². The number of nitrogens with two attached hydrogens (primary N) is 1. The summed E-state index contributed by atoms with van der Waals surface area (Å²) >= 11 is 0. The van der Waals surface area contributed by atoms with E-state index in [9.17, 15) is 9.59 Å². The van der Waals surface area contributed by atoms with Gasteiger partial charge in [0.25, 0.3) is 5.91 Å². The number of hydrogen-bond acceptors (Lipinski definition) is 4. The standard InChI is InChI=1S/C8H14N2O3/c1-5(4-9)10-8(12)6-2-3-7(11)13-6/h5-6H,2-4,9H2,1H3,(H,10,12)/t5-,6-/m0/s1. The minimum absolute atomic E-state index is 0.0770. The van der Waals surface area contributed by atoms with Crippen LogP contribution in [0.3, 0.4) is 0 Å². The molecule has 0 aliphatic carbocycles. The van der Waals surface area contributed by atoms with Crippen LogP contribution in [0.2, 0.25) is 0 Å². The fourth-order valence-corrected chi connectivity index (χ4v) is 1.10. The van der Waals surface area contributed by atoms with Crippen LogP contribution in [0.1, 0.15) is 19.8 Å². The smallest absolute Gasteiger partial charge is 0.306 e. The molecule has 1 rings (SSSR count). The second kappa shape index (κ2) is 4.23. The van der Waals surface area contributed by atoms with Crippen LogP contribution in [0, 0.1) is 0 Å². The minimum atomic E-state index is -0.610. The number of carbonyl (C=O) groups excluding carboxylic acids is 2. The Balaban J connectivity index is 2.35. The summed E-state index contributed by atoms with van der Waals surface area (Å²) < 4.78 is 4.78. The normalized spacial score (nSPS) is 23.8. The van der Waals surface area contributed by atoms with E-state index in [1.165, 1.54) is 0 Å². The lowest BCUT2D eigenvalue weighted by atomic mass is 10.2. The quantitative estimate of drug-likeness (QED) is 0.563. The maximum absolute atomic E-state index is 11.3. The summed E-state index contributed by atoms with van der Waals surface area (Å²) in [6.07, 6.45) is 0.193. The lowest BCUT2D eigenvalue weighted by molar-refractivity contribution is -0.148. The number of amides is 1. The summed E-state index contributed by atoms with van der Waals surface area (Å²) in [5.41, 5.74) is 5.32. The molecule has 1 amide bonds. The van der Waals surface area contributed by atoms with E-state index in [0.717, 1.165) is 0 Å². The van der Waals surface area contributed by atoms with E-state index in [0.29, 0.717) is 19.4 Å². The average molecular weight is 186 g/mol. The largest absolute Gasteiger partial charge is 0.452 e. The topological polar surface area (TPSA) is 81.4 Å². The number of cyclic esters (lactones) is 1. The molecule has 1 fully saturated rings. The number of ether oxygens (including phenoxy) is 1. The summed E-state index contributed by atoms with van der Waals surface area (Å²) in [6, 6.07) is -0.0770. The van der Waals surface area contributed by atoms with Crippen molar-refractivity contribution in [2.75, 3.05) is 6.54 Å². The monoisotopic (exact) mass is 186 g/mol. The number of nitrogens with one attached hydrogen (secondary N) is 1. The van der Waals surface area contributed by atoms with Crippen molar-refractivity contribution in [3.8, 4) is 0 Å². The van der Waals surface area contributed by atoms with E-state index < -0.39 is 6.10 Å². The molecule has 1 saturated heterocycles. The molecule has 0 unspecified atom stereocenters. The molecule has 2 atom stereocenters. The van der Waals surface area contributed by atoms with Gasteiger partial charge in [0.15, 0.2) is 6.10 Å². The summed E-state index contributed by atoms with van der Waals surface area (Å²) in [5, 5.41) is 2.65. The molecule has 0 saturated carbocycles. The second-order valence-electron chi connectivity index (χ2n) is 3.16. The predicted octanol–water partition coefficient (Wildman–Crippen LogP) is -0.845. The van der Waals surface area contributed by atoms with Gasteiger partial charge in [-0.15, -0.1) is 0 Å². The van der Waals surface area contributed by atoms with Crippen LogP contribution >= 0.6 is 0 Å². The van der Waals surface area contributed by atoms with E-state index in [1.54, 1.807) is 6.92 Å². The predicted molar refractivity (Wildman–Crippen MR) is 45.8 cm³/mol. The van der Waals surface area contributed by atoms with Gasteiger partial charge in [-0.05, 0) is 6.92 Å². The molecule has 0 radical (unpaired) electrons. The zero-order chi connectivity index (χ0) is 9.84.